The van der Waals surface area contributed by atoms with Crippen LogP contribution in [0.3, 0.4) is 0 Å². The molecule has 0 spiro atoms. The minimum Gasteiger partial charge on any atom is -0.308 e. The summed E-state index contributed by atoms with van der Waals surface area (Å²) in [5.41, 5.74) is 2.23. The number of carbonyl (C=O) groups is 1. The first kappa shape index (κ1) is 16.7. The predicted molar refractivity (Wildman–Crippen MR) is 98.9 cm³/mol. The van der Waals surface area contributed by atoms with Gasteiger partial charge in [-0.15, -0.1) is 0 Å². The molecule has 2 aromatic rings. The maximum absolute atomic E-state index is 12.9. The molecule has 1 aliphatic carbocycles. The van der Waals surface area contributed by atoms with Gasteiger partial charge in [-0.05, 0) is 30.5 Å². The highest BCUT2D eigenvalue weighted by Crippen LogP contribution is 2.27. The van der Waals surface area contributed by atoms with E-state index in [9.17, 15) is 4.79 Å². The number of amides is 1. The fraction of sp³-hybridized carbons (Fsp3) is 0.381. The molecule has 24 heavy (non-hydrogen) atoms. The average molecular weight is 322 g/mol. The lowest BCUT2D eigenvalue weighted by Gasteiger charge is -2.34. The van der Waals surface area contributed by atoms with Crippen molar-refractivity contribution in [3.05, 3.63) is 66.2 Å². The number of rotatable bonds is 6. The van der Waals surface area contributed by atoms with Crippen molar-refractivity contribution in [3.8, 4) is 0 Å². The van der Waals surface area contributed by atoms with Crippen LogP contribution in [-0.2, 0) is 11.3 Å². The van der Waals surface area contributed by atoms with Gasteiger partial charge in [-0.3, -0.25) is 4.79 Å². The Balaban J connectivity index is 1.64. The summed E-state index contributed by atoms with van der Waals surface area (Å²) in [5.74, 6) is 0.170. The summed E-state index contributed by atoms with van der Waals surface area (Å²) in [6, 6.07) is 20.7. The van der Waals surface area contributed by atoms with E-state index in [0.29, 0.717) is 12.6 Å². The smallest absolute Gasteiger partial charge is 0.241 e. The van der Waals surface area contributed by atoms with Crippen LogP contribution in [0.15, 0.2) is 60.7 Å². The molecule has 1 saturated carbocycles. The monoisotopic (exact) mass is 322 g/mol. The maximum atomic E-state index is 12.9. The van der Waals surface area contributed by atoms with Crippen molar-refractivity contribution in [1.29, 1.82) is 0 Å². The molecular formula is C21H26N2O. The van der Waals surface area contributed by atoms with Gasteiger partial charge >= 0.3 is 0 Å². The Kier molecular flexibility index (Phi) is 6.02. The minimum absolute atomic E-state index is 0.170. The van der Waals surface area contributed by atoms with E-state index in [-0.39, 0.29) is 5.91 Å². The van der Waals surface area contributed by atoms with E-state index in [1.165, 1.54) is 24.8 Å². The SMILES string of the molecule is O=C(CNCc1ccccc1)N(c1ccccc1)C1CCCCC1. The van der Waals surface area contributed by atoms with Gasteiger partial charge in [0.1, 0.15) is 0 Å². The first-order chi connectivity index (χ1) is 11.8. The molecule has 0 saturated heterocycles. The van der Waals surface area contributed by atoms with Crippen LogP contribution in [0.2, 0.25) is 0 Å². The fourth-order valence-corrected chi connectivity index (χ4v) is 3.48. The van der Waals surface area contributed by atoms with Crippen molar-refractivity contribution in [2.45, 2.75) is 44.7 Å². The van der Waals surface area contributed by atoms with Crippen molar-refractivity contribution in [3.63, 3.8) is 0 Å². The predicted octanol–water partition coefficient (Wildman–Crippen LogP) is 4.14. The molecule has 0 heterocycles. The molecule has 0 aliphatic heterocycles. The molecule has 1 fully saturated rings. The van der Waals surface area contributed by atoms with Gasteiger partial charge in [0.2, 0.25) is 5.91 Å². The normalized spacial score (nSPS) is 15.2. The third kappa shape index (κ3) is 4.45. The number of hydrogen-bond acceptors (Lipinski definition) is 2. The molecule has 2 aromatic carbocycles. The van der Waals surface area contributed by atoms with Crippen molar-refractivity contribution >= 4 is 11.6 Å². The number of benzene rings is 2. The Morgan fingerprint density at radius 2 is 1.54 bits per heavy atom. The lowest BCUT2D eigenvalue weighted by molar-refractivity contribution is -0.118. The first-order valence-electron chi connectivity index (χ1n) is 8.96. The topological polar surface area (TPSA) is 32.3 Å². The Bertz CT molecular complexity index is 621. The summed E-state index contributed by atoms with van der Waals surface area (Å²) >= 11 is 0. The molecule has 3 heteroatoms. The zero-order valence-electron chi connectivity index (χ0n) is 14.2. The summed E-state index contributed by atoms with van der Waals surface area (Å²) in [6.07, 6.45) is 5.95. The second-order valence-corrected chi connectivity index (χ2v) is 6.48. The first-order valence-corrected chi connectivity index (χ1v) is 8.96. The van der Waals surface area contributed by atoms with Crippen LogP contribution in [0, 0.1) is 0 Å². The van der Waals surface area contributed by atoms with E-state index < -0.39 is 0 Å². The van der Waals surface area contributed by atoms with Crippen molar-refractivity contribution in [2.24, 2.45) is 0 Å². The number of carbonyl (C=O) groups excluding carboxylic acids is 1. The van der Waals surface area contributed by atoms with E-state index >= 15 is 0 Å². The Labute approximate surface area is 144 Å². The van der Waals surface area contributed by atoms with E-state index in [1.54, 1.807) is 0 Å². The number of nitrogens with one attached hydrogen (secondary N) is 1. The lowest BCUT2D eigenvalue weighted by Crippen LogP contribution is -2.45. The van der Waals surface area contributed by atoms with E-state index in [0.717, 1.165) is 25.1 Å². The summed E-state index contributed by atoms with van der Waals surface area (Å²) < 4.78 is 0. The number of para-hydroxylation sites is 1. The second kappa shape index (κ2) is 8.65. The van der Waals surface area contributed by atoms with E-state index in [2.05, 4.69) is 17.4 Å². The van der Waals surface area contributed by atoms with Gasteiger partial charge in [0, 0.05) is 18.3 Å². The fourth-order valence-electron chi connectivity index (χ4n) is 3.48. The van der Waals surface area contributed by atoms with Crippen molar-refractivity contribution in [2.75, 3.05) is 11.4 Å². The van der Waals surface area contributed by atoms with Gasteiger partial charge < -0.3 is 10.2 Å². The number of hydrogen-bond donors (Lipinski definition) is 1. The Hall–Kier alpha value is -2.13. The van der Waals surface area contributed by atoms with Crippen LogP contribution < -0.4 is 10.2 Å². The van der Waals surface area contributed by atoms with Gasteiger partial charge in [0.05, 0.1) is 6.54 Å². The highest BCUT2D eigenvalue weighted by Gasteiger charge is 2.26. The Morgan fingerprint density at radius 1 is 0.917 bits per heavy atom. The van der Waals surface area contributed by atoms with Crippen molar-refractivity contribution in [1.82, 2.24) is 5.32 Å². The molecule has 0 atom stereocenters. The highest BCUT2D eigenvalue weighted by atomic mass is 16.2. The van der Waals surface area contributed by atoms with E-state index in [4.69, 9.17) is 0 Å². The zero-order valence-corrected chi connectivity index (χ0v) is 14.2. The minimum atomic E-state index is 0.170. The van der Waals surface area contributed by atoms with Gasteiger partial charge in [0.15, 0.2) is 0 Å². The number of nitrogens with zero attached hydrogens (tertiary/aromatic N) is 1. The lowest BCUT2D eigenvalue weighted by atomic mass is 9.93. The van der Waals surface area contributed by atoms with Crippen LogP contribution in [-0.4, -0.2) is 18.5 Å². The zero-order chi connectivity index (χ0) is 16.6. The van der Waals surface area contributed by atoms with E-state index in [1.807, 2.05) is 53.4 Å². The molecule has 3 nitrogen and oxygen atoms in total. The molecule has 1 N–H and O–H groups in total. The van der Waals surface area contributed by atoms with Crippen LogP contribution in [0.5, 0.6) is 0 Å². The summed E-state index contributed by atoms with van der Waals surface area (Å²) in [7, 11) is 0. The second-order valence-electron chi connectivity index (χ2n) is 6.48. The average Bonchev–Trinajstić information content (AvgIpc) is 2.65. The molecular weight excluding hydrogens is 296 g/mol. The molecule has 0 bridgehead atoms. The molecule has 0 aromatic heterocycles. The number of anilines is 1. The Morgan fingerprint density at radius 3 is 2.21 bits per heavy atom. The third-order valence-electron chi connectivity index (χ3n) is 4.69. The standard InChI is InChI=1S/C21H26N2O/c24-21(17-22-16-18-10-4-1-5-11-18)23(19-12-6-2-7-13-19)20-14-8-3-9-15-20/h1-2,4-7,10-13,20,22H,3,8-9,14-17H2. The molecule has 1 aliphatic rings. The quantitative estimate of drug-likeness (QED) is 0.867. The molecule has 0 radical (unpaired) electrons. The third-order valence-corrected chi connectivity index (χ3v) is 4.69. The van der Waals surface area contributed by atoms with Crippen molar-refractivity contribution < 1.29 is 4.79 Å². The molecule has 1 amide bonds. The van der Waals surface area contributed by atoms with Crippen LogP contribution in [0.25, 0.3) is 0 Å². The van der Waals surface area contributed by atoms with Gasteiger partial charge in [-0.2, -0.15) is 0 Å². The highest BCUT2D eigenvalue weighted by molar-refractivity contribution is 5.95. The molecule has 3 rings (SSSR count). The van der Waals surface area contributed by atoms with Gasteiger partial charge in [-0.25, -0.2) is 0 Å². The largest absolute Gasteiger partial charge is 0.308 e. The van der Waals surface area contributed by atoms with Gasteiger partial charge in [-0.1, -0.05) is 67.8 Å². The van der Waals surface area contributed by atoms with Gasteiger partial charge in [0.25, 0.3) is 0 Å². The summed E-state index contributed by atoms with van der Waals surface area (Å²) in [4.78, 5) is 14.9. The summed E-state index contributed by atoms with van der Waals surface area (Å²) in [5, 5.41) is 3.30. The molecule has 0 unspecified atom stereocenters. The molecule has 126 valence electrons. The van der Waals surface area contributed by atoms with Crippen LogP contribution in [0.4, 0.5) is 5.69 Å². The summed E-state index contributed by atoms with van der Waals surface area (Å²) in [6.45, 7) is 1.10. The van der Waals surface area contributed by atoms with Crippen LogP contribution in [0.1, 0.15) is 37.7 Å². The van der Waals surface area contributed by atoms with Crippen LogP contribution >= 0.6 is 0 Å². The maximum Gasteiger partial charge on any atom is 0.241 e.